The van der Waals surface area contributed by atoms with Gasteiger partial charge in [0.1, 0.15) is 5.75 Å². The highest BCUT2D eigenvalue weighted by Gasteiger charge is 2.51. The van der Waals surface area contributed by atoms with Crippen molar-refractivity contribution in [3.63, 3.8) is 0 Å². The van der Waals surface area contributed by atoms with Crippen LogP contribution >= 0.6 is 0 Å². The summed E-state index contributed by atoms with van der Waals surface area (Å²) in [7, 11) is -0.573. The molecule has 1 unspecified atom stereocenters. The predicted octanol–water partition coefficient (Wildman–Crippen LogP) is 4.67. The monoisotopic (exact) mass is 378 g/mol. The van der Waals surface area contributed by atoms with Gasteiger partial charge in [-0.05, 0) is 45.3 Å². The molecule has 1 aliphatic heterocycles. The molecule has 0 amide bonds. The summed E-state index contributed by atoms with van der Waals surface area (Å²) in [6, 6.07) is 13.9. The lowest BCUT2D eigenvalue weighted by Gasteiger charge is -2.32. The Morgan fingerprint density at radius 3 is 1.85 bits per heavy atom. The maximum Gasteiger partial charge on any atom is 0.494 e. The molecule has 0 N–H and O–H groups in total. The summed E-state index contributed by atoms with van der Waals surface area (Å²) in [6.07, 6.45) is -6.55. The lowest BCUT2D eigenvalue weighted by atomic mass is 9.79. The van der Waals surface area contributed by atoms with E-state index < -0.39 is 30.6 Å². The standard InChI is InChI=1S/C20H22BF3O3/c1-18(2)19(3,4)27-21(26-18)15-10-12-16(13-11-15)25-17(20(22,23)24)14-8-6-5-7-9-14/h5-13,17H,1-4H3. The molecule has 3 nitrogen and oxygen atoms in total. The molecule has 2 aromatic carbocycles. The second kappa shape index (κ2) is 6.87. The van der Waals surface area contributed by atoms with Gasteiger partial charge in [0.25, 0.3) is 0 Å². The number of hydrogen-bond donors (Lipinski definition) is 0. The Bertz CT molecular complexity index is 757. The van der Waals surface area contributed by atoms with Gasteiger partial charge in [-0.25, -0.2) is 0 Å². The van der Waals surface area contributed by atoms with Crippen LogP contribution in [-0.4, -0.2) is 24.5 Å². The lowest BCUT2D eigenvalue weighted by Crippen LogP contribution is -2.41. The molecule has 0 saturated carbocycles. The van der Waals surface area contributed by atoms with Crippen molar-refractivity contribution in [3.05, 3.63) is 60.2 Å². The van der Waals surface area contributed by atoms with Gasteiger partial charge in [-0.3, -0.25) is 0 Å². The zero-order chi connectivity index (χ0) is 19.9. The molecule has 0 aromatic heterocycles. The first-order chi connectivity index (χ1) is 12.5. The summed E-state index contributed by atoms with van der Waals surface area (Å²) < 4.78 is 57.4. The molecular weight excluding hydrogens is 356 g/mol. The quantitative estimate of drug-likeness (QED) is 0.724. The first-order valence-corrected chi connectivity index (χ1v) is 8.73. The van der Waals surface area contributed by atoms with Crippen LogP contribution in [0.1, 0.15) is 39.4 Å². The van der Waals surface area contributed by atoms with Gasteiger partial charge in [0.15, 0.2) is 0 Å². The highest BCUT2D eigenvalue weighted by atomic mass is 19.4. The van der Waals surface area contributed by atoms with E-state index in [1.165, 1.54) is 24.3 Å². The van der Waals surface area contributed by atoms with E-state index in [0.717, 1.165) is 5.46 Å². The summed E-state index contributed by atoms with van der Waals surface area (Å²) in [5.41, 5.74) is -0.187. The molecule has 0 radical (unpaired) electrons. The number of ether oxygens (including phenoxy) is 1. The summed E-state index contributed by atoms with van der Waals surface area (Å²) in [5.74, 6) is 0.126. The van der Waals surface area contributed by atoms with E-state index in [-0.39, 0.29) is 11.3 Å². The van der Waals surface area contributed by atoms with Gasteiger partial charge in [-0.2, -0.15) is 13.2 Å². The molecular formula is C20H22BF3O3. The van der Waals surface area contributed by atoms with E-state index >= 15 is 0 Å². The van der Waals surface area contributed by atoms with Crippen LogP contribution < -0.4 is 10.2 Å². The van der Waals surface area contributed by atoms with Crippen LogP contribution in [0.5, 0.6) is 5.75 Å². The second-order valence-corrected chi connectivity index (χ2v) is 7.61. The SMILES string of the molecule is CC1(C)OB(c2ccc(OC(c3ccccc3)C(F)(F)F)cc2)OC1(C)C. The Morgan fingerprint density at radius 1 is 0.852 bits per heavy atom. The fourth-order valence-corrected chi connectivity index (χ4v) is 2.77. The molecule has 3 rings (SSSR count). The number of hydrogen-bond acceptors (Lipinski definition) is 3. The van der Waals surface area contributed by atoms with Crippen molar-refractivity contribution in [3.8, 4) is 5.75 Å². The Labute approximate surface area is 157 Å². The van der Waals surface area contributed by atoms with Crippen LogP contribution in [0.3, 0.4) is 0 Å². The minimum Gasteiger partial charge on any atom is -0.476 e. The highest BCUT2D eigenvalue weighted by molar-refractivity contribution is 6.62. The summed E-state index contributed by atoms with van der Waals surface area (Å²) in [5, 5.41) is 0. The van der Waals surface area contributed by atoms with Crippen LogP contribution in [0.4, 0.5) is 13.2 Å². The first kappa shape index (κ1) is 19.8. The first-order valence-electron chi connectivity index (χ1n) is 8.73. The summed E-state index contributed by atoms with van der Waals surface area (Å²) in [4.78, 5) is 0. The van der Waals surface area contributed by atoms with E-state index in [9.17, 15) is 13.2 Å². The zero-order valence-corrected chi connectivity index (χ0v) is 15.7. The molecule has 0 bridgehead atoms. The predicted molar refractivity (Wildman–Crippen MR) is 98.0 cm³/mol. The fraction of sp³-hybridized carbons (Fsp3) is 0.400. The highest BCUT2D eigenvalue weighted by Crippen LogP contribution is 2.38. The van der Waals surface area contributed by atoms with E-state index in [1.54, 1.807) is 30.3 Å². The summed E-state index contributed by atoms with van der Waals surface area (Å²) >= 11 is 0. The number of alkyl halides is 3. The molecule has 0 spiro atoms. The molecule has 1 atom stereocenters. The van der Waals surface area contributed by atoms with Crippen molar-refractivity contribution in [2.45, 2.75) is 51.2 Å². The average molecular weight is 378 g/mol. The van der Waals surface area contributed by atoms with Crippen molar-refractivity contribution in [2.75, 3.05) is 0 Å². The minimum atomic E-state index is -4.52. The van der Waals surface area contributed by atoms with E-state index in [2.05, 4.69) is 0 Å². The topological polar surface area (TPSA) is 27.7 Å². The Hall–Kier alpha value is -1.99. The normalized spacial score (nSPS) is 19.7. The van der Waals surface area contributed by atoms with Gasteiger partial charge in [-0.1, -0.05) is 42.5 Å². The van der Waals surface area contributed by atoms with E-state index in [1.807, 2.05) is 27.7 Å². The third kappa shape index (κ3) is 4.14. The van der Waals surface area contributed by atoms with Crippen molar-refractivity contribution >= 4 is 12.6 Å². The van der Waals surface area contributed by atoms with E-state index in [4.69, 9.17) is 14.0 Å². The van der Waals surface area contributed by atoms with Crippen LogP contribution in [0.25, 0.3) is 0 Å². The van der Waals surface area contributed by atoms with Gasteiger partial charge in [0.05, 0.1) is 11.2 Å². The van der Waals surface area contributed by atoms with Crippen molar-refractivity contribution in [1.82, 2.24) is 0 Å². The largest absolute Gasteiger partial charge is 0.494 e. The Kier molecular flexibility index (Phi) is 5.03. The number of benzene rings is 2. The minimum absolute atomic E-state index is 0.0556. The lowest BCUT2D eigenvalue weighted by molar-refractivity contribution is -0.198. The van der Waals surface area contributed by atoms with Crippen LogP contribution in [-0.2, 0) is 9.31 Å². The molecule has 144 valence electrons. The maximum absolute atomic E-state index is 13.4. The summed E-state index contributed by atoms with van der Waals surface area (Å²) in [6.45, 7) is 7.77. The van der Waals surface area contributed by atoms with Crippen molar-refractivity contribution in [2.24, 2.45) is 0 Å². The van der Waals surface area contributed by atoms with Crippen molar-refractivity contribution < 1.29 is 27.2 Å². The molecule has 0 aliphatic carbocycles. The van der Waals surface area contributed by atoms with Crippen LogP contribution in [0.15, 0.2) is 54.6 Å². The number of halogens is 3. The molecule has 27 heavy (non-hydrogen) atoms. The van der Waals surface area contributed by atoms with Gasteiger partial charge < -0.3 is 14.0 Å². The number of rotatable bonds is 4. The Balaban J connectivity index is 1.77. The molecule has 2 aromatic rings. The van der Waals surface area contributed by atoms with Gasteiger partial charge in [0, 0.05) is 5.56 Å². The molecule has 1 fully saturated rings. The third-order valence-corrected chi connectivity index (χ3v) is 5.06. The smallest absolute Gasteiger partial charge is 0.476 e. The van der Waals surface area contributed by atoms with E-state index in [0.29, 0.717) is 0 Å². The Morgan fingerprint density at radius 2 is 1.37 bits per heavy atom. The second-order valence-electron chi connectivity index (χ2n) is 7.61. The average Bonchev–Trinajstić information content (AvgIpc) is 2.81. The molecule has 1 aliphatic rings. The third-order valence-electron chi connectivity index (χ3n) is 5.06. The maximum atomic E-state index is 13.4. The molecule has 7 heteroatoms. The van der Waals surface area contributed by atoms with Crippen molar-refractivity contribution in [1.29, 1.82) is 0 Å². The van der Waals surface area contributed by atoms with Gasteiger partial charge >= 0.3 is 13.3 Å². The zero-order valence-electron chi connectivity index (χ0n) is 15.7. The van der Waals surface area contributed by atoms with Gasteiger partial charge in [-0.15, -0.1) is 0 Å². The van der Waals surface area contributed by atoms with Gasteiger partial charge in [0.2, 0.25) is 6.10 Å². The van der Waals surface area contributed by atoms with Crippen LogP contribution in [0.2, 0.25) is 0 Å². The molecule has 1 saturated heterocycles. The fourth-order valence-electron chi connectivity index (χ4n) is 2.77. The molecule has 1 heterocycles. The van der Waals surface area contributed by atoms with Crippen LogP contribution in [0, 0.1) is 0 Å².